The van der Waals surface area contributed by atoms with Gasteiger partial charge in [0.25, 0.3) is 0 Å². The van der Waals surface area contributed by atoms with Crippen molar-refractivity contribution in [3.63, 3.8) is 0 Å². The summed E-state index contributed by atoms with van der Waals surface area (Å²) in [5.41, 5.74) is 0. The molecule has 0 bridgehead atoms. The molecule has 0 atom stereocenters. The molecular formula is C17H27N3O3. The maximum absolute atomic E-state index is 12.4. The summed E-state index contributed by atoms with van der Waals surface area (Å²) in [5.74, 6) is 0.759. The van der Waals surface area contributed by atoms with Crippen molar-refractivity contribution in [3.05, 3.63) is 12.3 Å². The Bertz CT molecular complexity index is 481. The highest BCUT2D eigenvalue weighted by atomic mass is 16.5. The number of carbonyl (C=O) groups is 2. The summed E-state index contributed by atoms with van der Waals surface area (Å²) in [4.78, 5) is 26.3. The number of carbonyl (C=O) groups excluding carboxylic acids is 2. The van der Waals surface area contributed by atoms with E-state index in [0.29, 0.717) is 24.7 Å². The molecule has 1 aliphatic rings. The van der Waals surface area contributed by atoms with Gasteiger partial charge in [0.2, 0.25) is 11.8 Å². The Morgan fingerprint density at radius 2 is 2.13 bits per heavy atom. The Hall–Kier alpha value is -1.85. The quantitative estimate of drug-likeness (QED) is 0.797. The smallest absolute Gasteiger partial charge is 0.245 e. The third-order valence-electron chi connectivity index (χ3n) is 4.34. The topological polar surface area (TPSA) is 75.4 Å². The second-order valence-corrected chi connectivity index (χ2v) is 6.31. The summed E-state index contributed by atoms with van der Waals surface area (Å²) in [6.45, 7) is 2.84. The third kappa shape index (κ3) is 6.04. The fourth-order valence-electron chi connectivity index (χ4n) is 3.05. The second-order valence-electron chi connectivity index (χ2n) is 6.31. The van der Waals surface area contributed by atoms with Gasteiger partial charge in [0.15, 0.2) is 5.82 Å². The minimum Gasteiger partial charge on any atom is -0.363 e. The Balaban J connectivity index is 1.90. The van der Waals surface area contributed by atoms with Gasteiger partial charge in [-0.3, -0.25) is 9.59 Å². The van der Waals surface area contributed by atoms with Gasteiger partial charge in [-0.2, -0.15) is 0 Å². The summed E-state index contributed by atoms with van der Waals surface area (Å²) in [7, 11) is 0. The molecule has 6 heteroatoms. The number of rotatable bonds is 8. The molecule has 1 N–H and O–H groups in total. The maximum Gasteiger partial charge on any atom is 0.245 e. The first-order valence-corrected chi connectivity index (χ1v) is 8.67. The molecule has 0 aliphatic heterocycles. The number of unbranched alkanes of at least 4 members (excludes halogenated alkanes) is 1. The summed E-state index contributed by atoms with van der Waals surface area (Å²) >= 11 is 0. The number of hydrogen-bond donors (Lipinski definition) is 1. The number of amides is 2. The van der Waals surface area contributed by atoms with Crippen LogP contribution >= 0.6 is 0 Å². The van der Waals surface area contributed by atoms with Crippen LogP contribution in [-0.2, 0) is 9.59 Å². The highest BCUT2D eigenvalue weighted by Gasteiger charge is 2.22. The van der Waals surface area contributed by atoms with Crippen molar-refractivity contribution in [3.8, 4) is 0 Å². The molecule has 0 saturated heterocycles. The molecule has 0 spiro atoms. The normalized spacial score (nSPS) is 15.3. The van der Waals surface area contributed by atoms with Gasteiger partial charge in [0.1, 0.15) is 6.26 Å². The van der Waals surface area contributed by atoms with E-state index in [1.54, 1.807) is 11.0 Å². The Morgan fingerprint density at radius 3 is 2.78 bits per heavy atom. The van der Waals surface area contributed by atoms with Crippen LogP contribution in [0, 0.1) is 5.92 Å². The molecule has 6 nitrogen and oxygen atoms in total. The van der Waals surface area contributed by atoms with Crippen molar-refractivity contribution in [2.24, 2.45) is 5.92 Å². The average molecular weight is 321 g/mol. The van der Waals surface area contributed by atoms with Crippen LogP contribution in [0.25, 0.3) is 0 Å². The molecule has 1 saturated carbocycles. The van der Waals surface area contributed by atoms with Crippen molar-refractivity contribution in [2.45, 2.75) is 58.3 Å². The second kappa shape index (κ2) is 9.33. The van der Waals surface area contributed by atoms with Crippen LogP contribution in [0.15, 0.2) is 16.9 Å². The SMILES string of the molecule is CCCCC(=O)N(CC(=O)Nc1ccon1)CC1CCCCC1. The van der Waals surface area contributed by atoms with Crippen LogP contribution in [-0.4, -0.2) is 35.0 Å². The molecule has 1 aromatic heterocycles. The van der Waals surface area contributed by atoms with Gasteiger partial charge in [-0.1, -0.05) is 37.8 Å². The van der Waals surface area contributed by atoms with E-state index in [4.69, 9.17) is 4.52 Å². The highest BCUT2D eigenvalue weighted by Crippen LogP contribution is 2.24. The van der Waals surface area contributed by atoms with Crippen molar-refractivity contribution >= 4 is 17.6 Å². The standard InChI is InChI=1S/C17H27N3O3/c1-2-3-9-17(22)20(12-14-7-5-4-6-8-14)13-16(21)18-15-10-11-23-19-15/h10-11,14H,2-9,12-13H2,1H3,(H,18,19,21). The van der Waals surface area contributed by atoms with E-state index in [2.05, 4.69) is 17.4 Å². The molecule has 0 unspecified atom stereocenters. The van der Waals surface area contributed by atoms with Gasteiger partial charge in [0, 0.05) is 19.0 Å². The molecule has 1 fully saturated rings. The van der Waals surface area contributed by atoms with E-state index >= 15 is 0 Å². The van der Waals surface area contributed by atoms with Crippen LogP contribution in [0.5, 0.6) is 0 Å². The highest BCUT2D eigenvalue weighted by molar-refractivity contribution is 5.93. The summed E-state index contributed by atoms with van der Waals surface area (Å²) in [6.07, 6.45) is 9.82. The monoisotopic (exact) mass is 321 g/mol. The van der Waals surface area contributed by atoms with E-state index in [1.165, 1.54) is 25.5 Å². The Kier molecular flexibility index (Phi) is 7.10. The van der Waals surface area contributed by atoms with E-state index in [9.17, 15) is 9.59 Å². The largest absolute Gasteiger partial charge is 0.363 e. The molecule has 2 rings (SSSR count). The van der Waals surface area contributed by atoms with Crippen molar-refractivity contribution in [2.75, 3.05) is 18.4 Å². The summed E-state index contributed by atoms with van der Waals surface area (Å²) < 4.78 is 4.70. The predicted octanol–water partition coefficient (Wildman–Crippen LogP) is 3.21. The first-order valence-electron chi connectivity index (χ1n) is 8.67. The fourth-order valence-corrected chi connectivity index (χ4v) is 3.05. The molecule has 2 amide bonds. The van der Waals surface area contributed by atoms with Crippen LogP contribution in [0.1, 0.15) is 58.3 Å². The molecule has 1 aliphatic carbocycles. The first-order chi connectivity index (χ1) is 11.2. The molecular weight excluding hydrogens is 294 g/mol. The lowest BCUT2D eigenvalue weighted by molar-refractivity contribution is -0.135. The number of anilines is 1. The number of nitrogens with zero attached hydrogens (tertiary/aromatic N) is 2. The fraction of sp³-hybridized carbons (Fsp3) is 0.706. The number of nitrogens with one attached hydrogen (secondary N) is 1. The minimum absolute atomic E-state index is 0.0766. The van der Waals surface area contributed by atoms with E-state index in [-0.39, 0.29) is 18.4 Å². The molecule has 0 radical (unpaired) electrons. The Labute approximate surface area is 137 Å². The van der Waals surface area contributed by atoms with Crippen LogP contribution in [0.3, 0.4) is 0 Å². The van der Waals surface area contributed by atoms with E-state index in [0.717, 1.165) is 25.7 Å². The van der Waals surface area contributed by atoms with Crippen LogP contribution < -0.4 is 5.32 Å². The van der Waals surface area contributed by atoms with Crippen molar-refractivity contribution in [1.29, 1.82) is 0 Å². The molecule has 1 heterocycles. The third-order valence-corrected chi connectivity index (χ3v) is 4.34. The van der Waals surface area contributed by atoms with Gasteiger partial charge in [-0.15, -0.1) is 0 Å². The lowest BCUT2D eigenvalue weighted by Gasteiger charge is -2.29. The van der Waals surface area contributed by atoms with Gasteiger partial charge < -0.3 is 14.7 Å². The summed E-state index contributed by atoms with van der Waals surface area (Å²) in [5, 5.41) is 6.33. The molecule has 128 valence electrons. The summed E-state index contributed by atoms with van der Waals surface area (Å²) in [6, 6.07) is 1.59. The Morgan fingerprint density at radius 1 is 1.35 bits per heavy atom. The van der Waals surface area contributed by atoms with E-state index in [1.807, 2.05) is 0 Å². The lowest BCUT2D eigenvalue weighted by atomic mass is 9.89. The van der Waals surface area contributed by atoms with Crippen molar-refractivity contribution in [1.82, 2.24) is 10.1 Å². The number of hydrogen-bond acceptors (Lipinski definition) is 4. The number of aromatic nitrogens is 1. The molecule has 0 aromatic carbocycles. The van der Waals surface area contributed by atoms with Crippen LogP contribution in [0.4, 0.5) is 5.82 Å². The first kappa shape index (κ1) is 17.5. The zero-order valence-corrected chi connectivity index (χ0v) is 13.9. The van der Waals surface area contributed by atoms with Gasteiger partial charge in [-0.05, 0) is 25.2 Å². The zero-order valence-electron chi connectivity index (χ0n) is 13.9. The van der Waals surface area contributed by atoms with Gasteiger partial charge in [-0.25, -0.2) is 0 Å². The lowest BCUT2D eigenvalue weighted by Crippen LogP contribution is -2.41. The maximum atomic E-state index is 12.4. The minimum atomic E-state index is -0.223. The van der Waals surface area contributed by atoms with E-state index < -0.39 is 0 Å². The van der Waals surface area contributed by atoms with Crippen molar-refractivity contribution < 1.29 is 14.1 Å². The average Bonchev–Trinajstić information content (AvgIpc) is 3.05. The van der Waals surface area contributed by atoms with Gasteiger partial charge in [0.05, 0.1) is 6.54 Å². The molecule has 23 heavy (non-hydrogen) atoms. The predicted molar refractivity (Wildman–Crippen MR) is 87.8 cm³/mol. The van der Waals surface area contributed by atoms with Crippen LogP contribution in [0.2, 0.25) is 0 Å². The molecule has 1 aromatic rings. The van der Waals surface area contributed by atoms with Gasteiger partial charge >= 0.3 is 0 Å². The zero-order chi connectivity index (χ0) is 16.5.